The van der Waals surface area contributed by atoms with E-state index < -0.39 is 0 Å². The molecular weight excluding hydrogens is 306 g/mol. The van der Waals surface area contributed by atoms with E-state index in [9.17, 15) is 9.59 Å². The summed E-state index contributed by atoms with van der Waals surface area (Å²) in [6.07, 6.45) is 3.37. The molecule has 0 aliphatic heterocycles. The Balaban J connectivity index is 1.90. The molecule has 2 aromatic rings. The molecule has 1 N–H and O–H groups in total. The van der Waals surface area contributed by atoms with Gasteiger partial charge < -0.3 is 15.0 Å². The summed E-state index contributed by atoms with van der Waals surface area (Å²) in [5, 5.41) is 2.80. The number of benzene rings is 1. The summed E-state index contributed by atoms with van der Waals surface area (Å²) in [6.45, 7) is 2.24. The maximum absolute atomic E-state index is 12.1. The number of amides is 2. The summed E-state index contributed by atoms with van der Waals surface area (Å²) < 4.78 is 5.11. The molecule has 1 aromatic carbocycles. The van der Waals surface area contributed by atoms with Crippen molar-refractivity contribution in [1.82, 2.24) is 15.2 Å². The number of methoxy groups -OCH3 is 1. The molecule has 0 spiro atoms. The zero-order valence-corrected chi connectivity index (χ0v) is 13.9. The van der Waals surface area contributed by atoms with Gasteiger partial charge in [-0.25, -0.2) is 0 Å². The Morgan fingerprint density at radius 2 is 1.92 bits per heavy atom. The summed E-state index contributed by atoms with van der Waals surface area (Å²) in [5.74, 6) is 0.396. The van der Waals surface area contributed by atoms with E-state index in [1.807, 2.05) is 36.4 Å². The molecule has 0 fully saturated rings. The van der Waals surface area contributed by atoms with Crippen molar-refractivity contribution in [3.63, 3.8) is 0 Å². The molecule has 2 amide bonds. The van der Waals surface area contributed by atoms with Gasteiger partial charge in [-0.15, -0.1) is 0 Å². The first-order valence-corrected chi connectivity index (χ1v) is 7.62. The molecular formula is C18H21N3O3. The van der Waals surface area contributed by atoms with Gasteiger partial charge in [0, 0.05) is 32.4 Å². The van der Waals surface area contributed by atoms with Gasteiger partial charge in [0.2, 0.25) is 11.8 Å². The standard InChI is InChI=1S/C18H21N3O3/c1-14(22)21(12-15-5-7-17(24-2)8-6-15)13-18(23)20-11-16-4-3-9-19-10-16/h3-10H,11-13H2,1-2H3,(H,20,23). The Hall–Kier alpha value is -2.89. The summed E-state index contributed by atoms with van der Waals surface area (Å²) in [6, 6.07) is 11.1. The highest BCUT2D eigenvalue weighted by Crippen LogP contribution is 2.13. The van der Waals surface area contributed by atoms with Crippen molar-refractivity contribution < 1.29 is 14.3 Å². The number of ether oxygens (including phenoxy) is 1. The van der Waals surface area contributed by atoms with E-state index in [0.29, 0.717) is 13.1 Å². The minimum atomic E-state index is -0.206. The molecule has 1 heterocycles. The average molecular weight is 327 g/mol. The smallest absolute Gasteiger partial charge is 0.239 e. The van der Waals surface area contributed by atoms with Crippen molar-refractivity contribution in [3.8, 4) is 5.75 Å². The first kappa shape index (κ1) is 17.5. The normalized spacial score (nSPS) is 10.1. The Kier molecular flexibility index (Phi) is 6.31. The van der Waals surface area contributed by atoms with Gasteiger partial charge in [-0.3, -0.25) is 14.6 Å². The minimum absolute atomic E-state index is 0.0155. The minimum Gasteiger partial charge on any atom is -0.497 e. The lowest BCUT2D eigenvalue weighted by Crippen LogP contribution is -2.39. The van der Waals surface area contributed by atoms with E-state index >= 15 is 0 Å². The molecule has 6 heteroatoms. The molecule has 6 nitrogen and oxygen atoms in total. The lowest BCUT2D eigenvalue weighted by molar-refractivity contribution is -0.135. The van der Waals surface area contributed by atoms with Gasteiger partial charge in [-0.05, 0) is 29.3 Å². The van der Waals surface area contributed by atoms with E-state index in [1.54, 1.807) is 19.5 Å². The Bertz CT molecular complexity index is 672. The van der Waals surface area contributed by atoms with Gasteiger partial charge in [0.1, 0.15) is 5.75 Å². The van der Waals surface area contributed by atoms with Crippen LogP contribution in [0, 0.1) is 0 Å². The quantitative estimate of drug-likeness (QED) is 0.841. The average Bonchev–Trinajstić information content (AvgIpc) is 2.61. The fourth-order valence-electron chi connectivity index (χ4n) is 2.16. The van der Waals surface area contributed by atoms with Crippen LogP contribution in [0.1, 0.15) is 18.1 Å². The molecule has 0 aliphatic carbocycles. The van der Waals surface area contributed by atoms with Crippen molar-refractivity contribution in [3.05, 3.63) is 59.9 Å². The topological polar surface area (TPSA) is 71.5 Å². The number of hydrogen-bond acceptors (Lipinski definition) is 4. The van der Waals surface area contributed by atoms with Gasteiger partial charge in [-0.1, -0.05) is 18.2 Å². The number of nitrogens with zero attached hydrogens (tertiary/aromatic N) is 2. The first-order valence-electron chi connectivity index (χ1n) is 7.62. The largest absolute Gasteiger partial charge is 0.497 e. The van der Waals surface area contributed by atoms with Crippen LogP contribution in [-0.2, 0) is 22.7 Å². The summed E-state index contributed by atoms with van der Waals surface area (Å²) in [7, 11) is 1.60. The van der Waals surface area contributed by atoms with Crippen LogP contribution in [0.2, 0.25) is 0 Å². The molecule has 0 radical (unpaired) electrons. The summed E-state index contributed by atoms with van der Waals surface area (Å²) in [5.41, 5.74) is 1.85. The summed E-state index contributed by atoms with van der Waals surface area (Å²) >= 11 is 0. The Labute approximate surface area is 141 Å². The molecule has 24 heavy (non-hydrogen) atoms. The number of nitrogens with one attached hydrogen (secondary N) is 1. The first-order chi connectivity index (χ1) is 11.6. The van der Waals surface area contributed by atoms with Gasteiger partial charge >= 0.3 is 0 Å². The van der Waals surface area contributed by atoms with Crippen molar-refractivity contribution >= 4 is 11.8 Å². The second-order valence-electron chi connectivity index (χ2n) is 5.36. The molecule has 0 saturated heterocycles. The highest BCUT2D eigenvalue weighted by molar-refractivity contribution is 5.83. The highest BCUT2D eigenvalue weighted by Gasteiger charge is 2.14. The SMILES string of the molecule is COc1ccc(CN(CC(=O)NCc2cccnc2)C(C)=O)cc1. The number of carbonyl (C=O) groups is 2. The van der Waals surface area contributed by atoms with E-state index in [0.717, 1.165) is 16.9 Å². The van der Waals surface area contributed by atoms with Crippen LogP contribution in [0.5, 0.6) is 5.75 Å². The molecule has 0 atom stereocenters. The monoisotopic (exact) mass is 327 g/mol. The fraction of sp³-hybridized carbons (Fsp3) is 0.278. The van der Waals surface area contributed by atoms with Crippen LogP contribution >= 0.6 is 0 Å². The zero-order chi connectivity index (χ0) is 17.4. The maximum Gasteiger partial charge on any atom is 0.239 e. The zero-order valence-electron chi connectivity index (χ0n) is 13.9. The number of rotatable bonds is 7. The number of hydrogen-bond donors (Lipinski definition) is 1. The molecule has 0 bridgehead atoms. The van der Waals surface area contributed by atoms with Crippen LogP contribution in [0.4, 0.5) is 0 Å². The lowest BCUT2D eigenvalue weighted by Gasteiger charge is -2.20. The van der Waals surface area contributed by atoms with E-state index in [1.165, 1.54) is 11.8 Å². The van der Waals surface area contributed by atoms with Gasteiger partial charge in [0.25, 0.3) is 0 Å². The molecule has 0 unspecified atom stereocenters. The second kappa shape index (κ2) is 8.67. The van der Waals surface area contributed by atoms with Crippen molar-refractivity contribution in [2.75, 3.05) is 13.7 Å². The number of aromatic nitrogens is 1. The third-order valence-corrected chi connectivity index (χ3v) is 3.52. The lowest BCUT2D eigenvalue weighted by atomic mass is 10.2. The van der Waals surface area contributed by atoms with E-state index in [2.05, 4.69) is 10.3 Å². The van der Waals surface area contributed by atoms with Crippen LogP contribution in [-0.4, -0.2) is 35.4 Å². The Morgan fingerprint density at radius 1 is 1.17 bits per heavy atom. The van der Waals surface area contributed by atoms with E-state index in [4.69, 9.17) is 4.74 Å². The third kappa shape index (κ3) is 5.39. The number of carbonyl (C=O) groups excluding carboxylic acids is 2. The third-order valence-electron chi connectivity index (χ3n) is 3.52. The molecule has 1 aromatic heterocycles. The molecule has 0 aliphatic rings. The predicted octanol–water partition coefficient (Wildman–Crippen LogP) is 1.76. The predicted molar refractivity (Wildman–Crippen MR) is 90.2 cm³/mol. The van der Waals surface area contributed by atoms with Crippen LogP contribution < -0.4 is 10.1 Å². The Morgan fingerprint density at radius 3 is 2.50 bits per heavy atom. The molecule has 2 rings (SSSR count). The highest BCUT2D eigenvalue weighted by atomic mass is 16.5. The number of pyridine rings is 1. The van der Waals surface area contributed by atoms with Crippen LogP contribution in [0.3, 0.4) is 0 Å². The van der Waals surface area contributed by atoms with Gasteiger partial charge in [0.05, 0.1) is 13.7 Å². The van der Waals surface area contributed by atoms with Gasteiger partial charge in [0.15, 0.2) is 0 Å². The van der Waals surface area contributed by atoms with Crippen molar-refractivity contribution in [1.29, 1.82) is 0 Å². The van der Waals surface area contributed by atoms with Crippen LogP contribution in [0.15, 0.2) is 48.8 Å². The maximum atomic E-state index is 12.1. The molecule has 126 valence electrons. The summed E-state index contributed by atoms with van der Waals surface area (Å²) in [4.78, 5) is 29.4. The van der Waals surface area contributed by atoms with Crippen molar-refractivity contribution in [2.24, 2.45) is 0 Å². The fourth-order valence-corrected chi connectivity index (χ4v) is 2.16. The second-order valence-corrected chi connectivity index (χ2v) is 5.36. The molecule has 0 saturated carbocycles. The van der Waals surface area contributed by atoms with Crippen LogP contribution in [0.25, 0.3) is 0 Å². The van der Waals surface area contributed by atoms with Gasteiger partial charge in [-0.2, -0.15) is 0 Å². The van der Waals surface area contributed by atoms with E-state index in [-0.39, 0.29) is 18.4 Å². The van der Waals surface area contributed by atoms with Crippen molar-refractivity contribution in [2.45, 2.75) is 20.0 Å².